The Bertz CT molecular complexity index is 628. The second-order valence-electron chi connectivity index (χ2n) is 4.42. The van der Waals surface area contributed by atoms with Crippen molar-refractivity contribution in [2.75, 3.05) is 17.6 Å². The van der Waals surface area contributed by atoms with E-state index in [1.54, 1.807) is 17.8 Å². The van der Waals surface area contributed by atoms with Crippen molar-refractivity contribution in [2.24, 2.45) is 0 Å². The second-order valence-corrected chi connectivity index (χ2v) is 7.66. The van der Waals surface area contributed by atoms with Gasteiger partial charge in [0.05, 0.1) is 0 Å². The first kappa shape index (κ1) is 17.2. The Morgan fingerprint density at radius 2 is 2.14 bits per heavy atom. The third kappa shape index (κ3) is 5.55. The van der Waals surface area contributed by atoms with Gasteiger partial charge in [0.1, 0.15) is 0 Å². The lowest BCUT2D eigenvalue weighted by Gasteiger charge is -2.01. The Morgan fingerprint density at radius 3 is 2.86 bits per heavy atom. The van der Waals surface area contributed by atoms with Gasteiger partial charge in [0.25, 0.3) is 0 Å². The van der Waals surface area contributed by atoms with Crippen molar-refractivity contribution in [1.29, 1.82) is 0 Å². The van der Waals surface area contributed by atoms with Gasteiger partial charge in [-0.05, 0) is 18.6 Å². The number of nitrogens with one attached hydrogen (secondary N) is 1. The number of aromatic nitrogens is 2. The van der Waals surface area contributed by atoms with Crippen molar-refractivity contribution in [3.8, 4) is 0 Å². The van der Waals surface area contributed by atoms with Crippen LogP contribution in [0.1, 0.15) is 23.2 Å². The van der Waals surface area contributed by atoms with E-state index in [2.05, 4.69) is 38.0 Å². The first-order valence-electron chi connectivity index (χ1n) is 6.79. The highest BCUT2D eigenvalue weighted by Gasteiger charge is 2.07. The van der Waals surface area contributed by atoms with E-state index >= 15 is 0 Å². The van der Waals surface area contributed by atoms with E-state index in [1.807, 2.05) is 24.3 Å². The molecule has 0 radical (unpaired) electrons. The lowest BCUT2D eigenvalue weighted by molar-refractivity contribution is 0.0982. The maximum Gasteiger partial charge on any atom is 0.206 e. The molecule has 0 unspecified atom stereocenters. The fourth-order valence-corrected chi connectivity index (χ4v) is 3.70. The number of thioether (sulfide) groups is 1. The van der Waals surface area contributed by atoms with Gasteiger partial charge in [0.2, 0.25) is 5.13 Å². The zero-order valence-electron chi connectivity index (χ0n) is 11.9. The van der Waals surface area contributed by atoms with Crippen LogP contribution in [0, 0.1) is 0 Å². The average molecular weight is 398 g/mol. The van der Waals surface area contributed by atoms with E-state index < -0.39 is 0 Å². The minimum atomic E-state index is 0.179. The van der Waals surface area contributed by atoms with E-state index in [0.29, 0.717) is 13.0 Å². The van der Waals surface area contributed by atoms with Gasteiger partial charge in [0, 0.05) is 28.8 Å². The molecule has 0 aliphatic carbocycles. The number of carbonyl (C=O) groups is 1. The van der Waals surface area contributed by atoms with Crippen LogP contribution >= 0.6 is 39.0 Å². The number of halogens is 1. The van der Waals surface area contributed by atoms with Crippen molar-refractivity contribution < 1.29 is 4.79 Å². The largest absolute Gasteiger partial charge is 0.357 e. The number of hydrogen-bond donors (Lipinski definition) is 1. The Balaban J connectivity index is 1.70. The number of Topliss-reactive ketones (excluding diaryl/α,β-unsaturated/α-hetero) is 1. The highest BCUT2D eigenvalue weighted by molar-refractivity contribution is 9.10. The normalized spacial score (nSPS) is 10.4. The van der Waals surface area contributed by atoms with Crippen LogP contribution in [0.2, 0.25) is 0 Å². The third-order valence-corrected chi connectivity index (χ3v) is 5.37. The van der Waals surface area contributed by atoms with Gasteiger partial charge < -0.3 is 5.32 Å². The van der Waals surface area contributed by atoms with Gasteiger partial charge in [-0.15, -0.1) is 16.8 Å². The molecule has 2 rings (SSSR count). The zero-order chi connectivity index (χ0) is 15.8. The minimum Gasteiger partial charge on any atom is -0.357 e. The molecule has 0 saturated carbocycles. The van der Waals surface area contributed by atoms with E-state index in [1.165, 1.54) is 11.3 Å². The summed E-state index contributed by atoms with van der Waals surface area (Å²) in [5.41, 5.74) is 0.764. The molecular formula is C15H16BrN3OS2. The quantitative estimate of drug-likeness (QED) is 0.288. The van der Waals surface area contributed by atoms with Crippen LogP contribution in [0.4, 0.5) is 5.13 Å². The van der Waals surface area contributed by atoms with Crippen molar-refractivity contribution in [3.63, 3.8) is 0 Å². The standard InChI is InChI=1S/C15H16BrN3OS2/c1-2-9-17-14-18-19-15(22-14)21-10-3-4-13(20)11-5-7-12(16)8-6-11/h2,5-8H,1,3-4,9-10H2,(H,17,18). The molecule has 0 saturated heterocycles. The van der Waals surface area contributed by atoms with Crippen LogP contribution in [0.25, 0.3) is 0 Å². The molecular weight excluding hydrogens is 382 g/mol. The summed E-state index contributed by atoms with van der Waals surface area (Å²) in [4.78, 5) is 12.0. The van der Waals surface area contributed by atoms with Gasteiger partial charge >= 0.3 is 0 Å². The van der Waals surface area contributed by atoms with Gasteiger partial charge in [-0.3, -0.25) is 4.79 Å². The Morgan fingerprint density at radius 1 is 1.36 bits per heavy atom. The van der Waals surface area contributed by atoms with Gasteiger partial charge in [-0.1, -0.05) is 57.2 Å². The molecule has 0 bridgehead atoms. The van der Waals surface area contributed by atoms with E-state index in [4.69, 9.17) is 0 Å². The topological polar surface area (TPSA) is 54.9 Å². The SMILES string of the molecule is C=CCNc1nnc(SCCCC(=O)c2ccc(Br)cc2)s1. The van der Waals surface area contributed by atoms with Crippen LogP contribution in [-0.4, -0.2) is 28.3 Å². The summed E-state index contributed by atoms with van der Waals surface area (Å²) >= 11 is 6.52. The van der Waals surface area contributed by atoms with Crippen LogP contribution < -0.4 is 5.32 Å². The summed E-state index contributed by atoms with van der Waals surface area (Å²) in [5, 5.41) is 12.0. The van der Waals surface area contributed by atoms with Crippen LogP contribution in [0.15, 0.2) is 45.7 Å². The molecule has 1 heterocycles. The molecule has 22 heavy (non-hydrogen) atoms. The zero-order valence-corrected chi connectivity index (χ0v) is 15.1. The fourth-order valence-electron chi connectivity index (χ4n) is 1.67. The maximum absolute atomic E-state index is 12.0. The minimum absolute atomic E-state index is 0.179. The molecule has 0 aliphatic heterocycles. The average Bonchev–Trinajstić information content (AvgIpc) is 2.98. The number of rotatable bonds is 9. The fraction of sp³-hybridized carbons (Fsp3) is 0.267. The number of ketones is 1. The Labute approximate surface area is 146 Å². The number of benzene rings is 1. The lowest BCUT2D eigenvalue weighted by atomic mass is 10.1. The van der Waals surface area contributed by atoms with Crippen LogP contribution in [0.3, 0.4) is 0 Å². The highest BCUT2D eigenvalue weighted by Crippen LogP contribution is 2.26. The molecule has 4 nitrogen and oxygen atoms in total. The second kappa shape index (κ2) is 9.07. The predicted octanol–water partition coefficient (Wildman–Crippen LogP) is 4.65. The summed E-state index contributed by atoms with van der Waals surface area (Å²) in [5.74, 6) is 1.04. The highest BCUT2D eigenvalue weighted by atomic mass is 79.9. The van der Waals surface area contributed by atoms with Crippen molar-refractivity contribution in [1.82, 2.24) is 10.2 Å². The molecule has 0 amide bonds. The molecule has 0 fully saturated rings. The summed E-state index contributed by atoms with van der Waals surface area (Å²) in [6, 6.07) is 7.48. The monoisotopic (exact) mass is 397 g/mol. The molecule has 1 N–H and O–H groups in total. The summed E-state index contributed by atoms with van der Waals surface area (Å²) in [7, 11) is 0. The molecule has 1 aromatic carbocycles. The Kier molecular flexibility index (Phi) is 7.08. The van der Waals surface area contributed by atoms with Crippen molar-refractivity contribution in [3.05, 3.63) is 47.0 Å². The van der Waals surface area contributed by atoms with Gasteiger partial charge in [-0.25, -0.2) is 0 Å². The van der Waals surface area contributed by atoms with Crippen LogP contribution in [-0.2, 0) is 0 Å². The number of nitrogens with zero attached hydrogens (tertiary/aromatic N) is 2. The molecule has 0 aliphatic rings. The number of hydrogen-bond acceptors (Lipinski definition) is 6. The number of anilines is 1. The predicted molar refractivity (Wildman–Crippen MR) is 97.0 cm³/mol. The smallest absolute Gasteiger partial charge is 0.206 e. The summed E-state index contributed by atoms with van der Waals surface area (Å²) < 4.78 is 1.90. The summed E-state index contributed by atoms with van der Waals surface area (Å²) in [6.07, 6.45) is 3.16. The van der Waals surface area contributed by atoms with E-state index in [0.717, 1.165) is 31.7 Å². The third-order valence-electron chi connectivity index (χ3n) is 2.74. The van der Waals surface area contributed by atoms with E-state index in [9.17, 15) is 4.79 Å². The van der Waals surface area contributed by atoms with Crippen molar-refractivity contribution in [2.45, 2.75) is 17.2 Å². The summed E-state index contributed by atoms with van der Waals surface area (Å²) in [6.45, 7) is 4.33. The Hall–Kier alpha value is -1.18. The van der Waals surface area contributed by atoms with Crippen LogP contribution in [0.5, 0.6) is 0 Å². The first-order valence-corrected chi connectivity index (χ1v) is 9.38. The van der Waals surface area contributed by atoms with Crippen molar-refractivity contribution >= 4 is 49.9 Å². The van der Waals surface area contributed by atoms with Gasteiger partial charge in [-0.2, -0.15) is 0 Å². The number of carbonyl (C=O) groups excluding carboxylic acids is 1. The molecule has 0 spiro atoms. The molecule has 7 heteroatoms. The maximum atomic E-state index is 12.0. The molecule has 0 atom stereocenters. The lowest BCUT2D eigenvalue weighted by Crippen LogP contribution is -1.99. The first-order chi connectivity index (χ1) is 10.7. The molecule has 116 valence electrons. The van der Waals surface area contributed by atoms with Gasteiger partial charge in [0.15, 0.2) is 10.1 Å². The molecule has 1 aromatic heterocycles. The molecule has 2 aromatic rings. The van der Waals surface area contributed by atoms with E-state index in [-0.39, 0.29) is 5.78 Å².